The molecule has 0 amide bonds. The van der Waals surface area contributed by atoms with Crippen molar-refractivity contribution in [3.05, 3.63) is 96.6 Å². The Morgan fingerprint density at radius 2 is 0.842 bits per heavy atom. The monoisotopic (exact) mass is 524 g/mol. The number of ether oxygens (including phenoxy) is 2. The van der Waals surface area contributed by atoms with Crippen LogP contribution in [0.25, 0.3) is 0 Å². The molecule has 204 valence electrons. The lowest BCUT2D eigenvalue weighted by atomic mass is 9.86. The summed E-state index contributed by atoms with van der Waals surface area (Å²) < 4.78 is 9.95. The molecule has 0 aromatic heterocycles. The molecule has 4 aromatic carbocycles. The van der Waals surface area contributed by atoms with Crippen molar-refractivity contribution >= 4 is 0 Å². The largest absolute Gasteiger partial charge is 0.508 e. The van der Waals surface area contributed by atoms with Crippen molar-refractivity contribution < 1.29 is 40.1 Å². The normalized spacial score (nSPS) is 9.82. The van der Waals surface area contributed by atoms with Gasteiger partial charge in [0.2, 0.25) is 0 Å². The van der Waals surface area contributed by atoms with E-state index in [1.54, 1.807) is 62.8 Å². The lowest BCUT2D eigenvalue weighted by Gasteiger charge is -2.20. The highest BCUT2D eigenvalue weighted by atomic mass is 16.5. The molecule has 8 heteroatoms. The molecule has 0 saturated carbocycles. The molecule has 0 aliphatic carbocycles. The highest BCUT2D eigenvalue weighted by Gasteiger charge is 2.18. The highest BCUT2D eigenvalue weighted by molar-refractivity contribution is 5.43. The van der Waals surface area contributed by atoms with Crippen LogP contribution >= 0.6 is 0 Å². The highest BCUT2D eigenvalue weighted by Crippen LogP contribution is 2.33. The molecule has 4 rings (SSSR count). The summed E-state index contributed by atoms with van der Waals surface area (Å²) in [4.78, 5) is 0. The number of phenolic OH excluding ortho intramolecular Hbond substituents is 6. The molecule has 0 spiro atoms. The fourth-order valence-corrected chi connectivity index (χ4v) is 2.74. The summed E-state index contributed by atoms with van der Waals surface area (Å²) in [7, 11) is 3.21. The summed E-state index contributed by atoms with van der Waals surface area (Å²) in [5.41, 5.74) is 0.852. The second-order valence-corrected chi connectivity index (χ2v) is 8.84. The van der Waals surface area contributed by atoms with Gasteiger partial charge in [0.1, 0.15) is 34.5 Å². The maximum atomic E-state index is 9.61. The van der Waals surface area contributed by atoms with Crippen molar-refractivity contribution in [3.8, 4) is 46.0 Å². The van der Waals surface area contributed by atoms with Crippen LogP contribution in [0.3, 0.4) is 0 Å². The van der Waals surface area contributed by atoms with Gasteiger partial charge in [-0.25, -0.2) is 0 Å². The third-order valence-electron chi connectivity index (χ3n) is 4.82. The van der Waals surface area contributed by atoms with E-state index in [1.165, 1.54) is 36.4 Å². The number of hydrogen-bond donors (Lipinski definition) is 6. The number of methoxy groups -OCH3 is 2. The van der Waals surface area contributed by atoms with Gasteiger partial charge in [-0.15, -0.1) is 0 Å². The number of rotatable bonds is 2. The number of aromatic hydroxyl groups is 6. The zero-order chi connectivity index (χ0) is 28.7. The van der Waals surface area contributed by atoms with Gasteiger partial charge in [-0.2, -0.15) is 0 Å². The van der Waals surface area contributed by atoms with Crippen LogP contribution in [-0.4, -0.2) is 44.9 Å². The van der Waals surface area contributed by atoms with Crippen molar-refractivity contribution in [3.63, 3.8) is 0 Å². The van der Waals surface area contributed by atoms with E-state index in [-0.39, 0.29) is 34.2 Å². The minimum atomic E-state index is -0.0764. The van der Waals surface area contributed by atoms with Crippen LogP contribution in [0.1, 0.15) is 26.3 Å². The number of benzene rings is 4. The van der Waals surface area contributed by atoms with Crippen molar-refractivity contribution in [2.75, 3.05) is 14.2 Å². The fourth-order valence-electron chi connectivity index (χ4n) is 2.74. The van der Waals surface area contributed by atoms with Crippen molar-refractivity contribution in [1.29, 1.82) is 0 Å². The standard InChI is InChI=1S/C11H16O2.C7H8O2.2C6H6O2/c1-11(2,3)9-7-8(13-4)5-6-10(9)12;1-9-7-4-2-6(8)3-5-7;7-5-1-2-6(8)4-3-5;7-5-3-1-2-4-6(5)8/h5-7,12H,1-4H3;2-5,8H,1H3;2*1-4,7-8H. The second-order valence-electron chi connectivity index (χ2n) is 8.84. The van der Waals surface area contributed by atoms with Gasteiger partial charge in [-0.1, -0.05) is 32.9 Å². The van der Waals surface area contributed by atoms with Crippen molar-refractivity contribution in [2.24, 2.45) is 0 Å². The van der Waals surface area contributed by atoms with Crippen LogP contribution in [0.15, 0.2) is 91.0 Å². The van der Waals surface area contributed by atoms with Gasteiger partial charge in [-0.3, -0.25) is 0 Å². The maximum Gasteiger partial charge on any atom is 0.157 e. The van der Waals surface area contributed by atoms with Crippen LogP contribution in [0.2, 0.25) is 0 Å². The summed E-state index contributed by atoms with van der Waals surface area (Å²) in [5.74, 6) is 2.31. The predicted molar refractivity (Wildman–Crippen MR) is 148 cm³/mol. The number of phenols is 6. The van der Waals surface area contributed by atoms with Crippen LogP contribution in [0.5, 0.6) is 46.0 Å². The van der Waals surface area contributed by atoms with E-state index >= 15 is 0 Å². The van der Waals surface area contributed by atoms with E-state index in [1.807, 2.05) is 6.07 Å². The Morgan fingerprint density at radius 3 is 1.18 bits per heavy atom. The third-order valence-corrected chi connectivity index (χ3v) is 4.82. The van der Waals surface area contributed by atoms with Crippen molar-refractivity contribution in [2.45, 2.75) is 26.2 Å². The van der Waals surface area contributed by atoms with E-state index in [4.69, 9.17) is 35.0 Å². The number of hydrogen-bond acceptors (Lipinski definition) is 8. The quantitative estimate of drug-likeness (QED) is 0.133. The molecule has 0 heterocycles. The molecular formula is C30H36O8. The summed E-state index contributed by atoms with van der Waals surface area (Å²) in [6, 6.07) is 23.7. The van der Waals surface area contributed by atoms with Crippen LogP contribution in [-0.2, 0) is 5.41 Å². The van der Waals surface area contributed by atoms with Crippen LogP contribution < -0.4 is 9.47 Å². The van der Waals surface area contributed by atoms with Gasteiger partial charge in [0.25, 0.3) is 0 Å². The molecule has 0 saturated heterocycles. The molecular weight excluding hydrogens is 488 g/mol. The van der Waals surface area contributed by atoms with Crippen LogP contribution in [0, 0.1) is 0 Å². The fraction of sp³-hybridized carbons (Fsp3) is 0.200. The molecule has 0 radical (unpaired) electrons. The first-order valence-electron chi connectivity index (χ1n) is 11.5. The molecule has 0 fully saturated rings. The minimum Gasteiger partial charge on any atom is -0.508 e. The molecule has 38 heavy (non-hydrogen) atoms. The molecule has 0 bridgehead atoms. The molecule has 6 N–H and O–H groups in total. The van der Waals surface area contributed by atoms with E-state index in [0.29, 0.717) is 5.75 Å². The molecule has 8 nitrogen and oxygen atoms in total. The predicted octanol–water partition coefficient (Wildman–Crippen LogP) is 6.29. The average molecular weight is 525 g/mol. The van der Waals surface area contributed by atoms with Gasteiger partial charge < -0.3 is 40.1 Å². The first-order valence-corrected chi connectivity index (χ1v) is 11.5. The van der Waals surface area contributed by atoms with Gasteiger partial charge >= 0.3 is 0 Å². The Kier molecular flexibility index (Phi) is 12.7. The SMILES string of the molecule is COc1ccc(O)c(C(C)(C)C)c1.COc1ccc(O)cc1.Oc1ccc(O)cc1.Oc1ccccc1O. The molecule has 0 aliphatic heterocycles. The Morgan fingerprint density at radius 1 is 0.474 bits per heavy atom. The van der Waals surface area contributed by atoms with E-state index in [2.05, 4.69) is 20.8 Å². The van der Waals surface area contributed by atoms with Gasteiger partial charge in [0.15, 0.2) is 11.5 Å². The Labute approximate surface area is 223 Å². The lowest BCUT2D eigenvalue weighted by molar-refractivity contribution is 0.404. The van der Waals surface area contributed by atoms with E-state index in [0.717, 1.165) is 17.1 Å². The van der Waals surface area contributed by atoms with E-state index < -0.39 is 0 Å². The summed E-state index contributed by atoms with van der Waals surface area (Å²) in [6.07, 6.45) is 0. The zero-order valence-electron chi connectivity index (χ0n) is 22.2. The topological polar surface area (TPSA) is 140 Å². The van der Waals surface area contributed by atoms with Crippen LogP contribution in [0.4, 0.5) is 0 Å². The summed E-state index contributed by atoms with van der Waals surface area (Å²) >= 11 is 0. The first kappa shape index (κ1) is 31.3. The average Bonchev–Trinajstić information content (AvgIpc) is 2.89. The molecule has 0 aliphatic rings. The second kappa shape index (κ2) is 15.4. The Balaban J connectivity index is 0.000000259. The van der Waals surface area contributed by atoms with Gasteiger partial charge in [0, 0.05) is 5.56 Å². The van der Waals surface area contributed by atoms with Crippen molar-refractivity contribution in [1.82, 2.24) is 0 Å². The van der Waals surface area contributed by atoms with E-state index in [9.17, 15) is 5.11 Å². The Bertz CT molecular complexity index is 1170. The smallest absolute Gasteiger partial charge is 0.157 e. The number of para-hydroxylation sites is 2. The first-order chi connectivity index (χ1) is 17.9. The summed E-state index contributed by atoms with van der Waals surface area (Å²) in [6.45, 7) is 6.17. The Hall–Kier alpha value is -4.72. The van der Waals surface area contributed by atoms with Gasteiger partial charge in [-0.05, 0) is 84.3 Å². The third kappa shape index (κ3) is 11.8. The molecule has 0 atom stereocenters. The molecule has 4 aromatic rings. The lowest BCUT2D eigenvalue weighted by Crippen LogP contribution is -2.11. The minimum absolute atomic E-state index is 0.0569. The zero-order valence-corrected chi connectivity index (χ0v) is 22.2. The summed E-state index contributed by atoms with van der Waals surface area (Å²) in [5, 5.41) is 53.0. The maximum absolute atomic E-state index is 9.61. The van der Waals surface area contributed by atoms with Gasteiger partial charge in [0.05, 0.1) is 14.2 Å². The molecule has 0 unspecified atom stereocenters.